The first-order chi connectivity index (χ1) is 16.7. The second-order valence-electron chi connectivity index (χ2n) is 8.02. The minimum Gasteiger partial charge on any atom is -0.504 e. The monoisotopic (exact) mass is 503 g/mol. The van der Waals surface area contributed by atoms with Gasteiger partial charge in [0.15, 0.2) is 17.3 Å². The zero-order valence-electron chi connectivity index (χ0n) is 19.0. The molecule has 0 saturated carbocycles. The Bertz CT molecular complexity index is 1290. The standard InChI is InChI=1S/C23H26FN5O5S/c1-2-25-22(31)17-12-15(24)8-7-14(17)13-27-23(32)19-20(30)18-16(6-5-9-26-18)21(28-19)29-10-3-4-11-35(29,33)34/h5-9,12,30,33-34H,2-4,10-11,13H2,1H3,(H,25,31)(H,27,32). The Hall–Kier alpha value is -3.48. The van der Waals surface area contributed by atoms with Crippen LogP contribution < -0.4 is 14.9 Å². The van der Waals surface area contributed by atoms with Crippen LogP contribution in [0.4, 0.5) is 10.2 Å². The van der Waals surface area contributed by atoms with Crippen LogP contribution in [0.1, 0.15) is 46.2 Å². The molecule has 1 aliphatic heterocycles. The number of rotatable bonds is 6. The van der Waals surface area contributed by atoms with Crippen LogP contribution >= 0.6 is 10.8 Å². The molecule has 1 aromatic carbocycles. The molecular weight excluding hydrogens is 477 g/mol. The van der Waals surface area contributed by atoms with Gasteiger partial charge in [0.25, 0.3) is 11.8 Å². The summed E-state index contributed by atoms with van der Waals surface area (Å²) in [6.45, 7) is 2.26. The second-order valence-corrected chi connectivity index (χ2v) is 10.1. The highest BCUT2D eigenvalue weighted by molar-refractivity contribution is 8.25. The van der Waals surface area contributed by atoms with Crippen LogP contribution in [0, 0.1) is 5.82 Å². The van der Waals surface area contributed by atoms with Gasteiger partial charge in [0, 0.05) is 36.8 Å². The Labute approximate surface area is 202 Å². The topological polar surface area (TPSA) is 148 Å². The van der Waals surface area contributed by atoms with Gasteiger partial charge in [-0.15, -0.1) is 10.8 Å². The maximum atomic E-state index is 13.7. The van der Waals surface area contributed by atoms with Crippen molar-refractivity contribution in [3.63, 3.8) is 0 Å². The van der Waals surface area contributed by atoms with Gasteiger partial charge in [-0.3, -0.25) is 28.0 Å². The van der Waals surface area contributed by atoms with E-state index in [0.717, 1.165) is 6.07 Å². The number of pyridine rings is 2. The lowest BCUT2D eigenvalue weighted by atomic mass is 10.1. The van der Waals surface area contributed by atoms with Gasteiger partial charge in [-0.1, -0.05) is 6.07 Å². The van der Waals surface area contributed by atoms with E-state index in [2.05, 4.69) is 20.6 Å². The van der Waals surface area contributed by atoms with E-state index in [9.17, 15) is 28.2 Å². The van der Waals surface area contributed by atoms with Crippen molar-refractivity contribution in [2.45, 2.75) is 26.3 Å². The summed E-state index contributed by atoms with van der Waals surface area (Å²) in [5.41, 5.74) is 0.184. The van der Waals surface area contributed by atoms with Crippen molar-refractivity contribution in [2.24, 2.45) is 0 Å². The molecule has 0 aliphatic carbocycles. The van der Waals surface area contributed by atoms with Crippen LogP contribution in [0.2, 0.25) is 0 Å². The van der Waals surface area contributed by atoms with E-state index >= 15 is 0 Å². The first-order valence-corrected chi connectivity index (χ1v) is 12.8. The normalized spacial score (nSPS) is 16.1. The van der Waals surface area contributed by atoms with Crippen molar-refractivity contribution in [3.05, 3.63) is 59.2 Å². The summed E-state index contributed by atoms with van der Waals surface area (Å²) in [4.78, 5) is 33.9. The predicted octanol–water partition coefficient (Wildman–Crippen LogP) is 3.42. The predicted molar refractivity (Wildman–Crippen MR) is 131 cm³/mol. The minimum atomic E-state index is -3.15. The Morgan fingerprint density at radius 2 is 1.97 bits per heavy atom. The zero-order valence-corrected chi connectivity index (χ0v) is 19.8. The number of anilines is 1. The third-order valence-corrected chi connectivity index (χ3v) is 7.54. The van der Waals surface area contributed by atoms with Gasteiger partial charge in [0.05, 0.1) is 5.75 Å². The van der Waals surface area contributed by atoms with Crippen molar-refractivity contribution in [1.29, 1.82) is 0 Å². The Kier molecular flexibility index (Phi) is 7.05. The summed E-state index contributed by atoms with van der Waals surface area (Å²) in [5.74, 6) is -1.99. The van der Waals surface area contributed by atoms with E-state index in [1.807, 2.05) is 0 Å². The van der Waals surface area contributed by atoms with Crippen molar-refractivity contribution in [3.8, 4) is 5.75 Å². The van der Waals surface area contributed by atoms with Crippen LogP contribution in [-0.2, 0) is 6.54 Å². The molecule has 10 nitrogen and oxygen atoms in total. The van der Waals surface area contributed by atoms with Crippen LogP contribution in [0.3, 0.4) is 0 Å². The first-order valence-electron chi connectivity index (χ1n) is 11.1. The van der Waals surface area contributed by atoms with Crippen LogP contribution in [0.25, 0.3) is 10.9 Å². The number of hydrogen-bond acceptors (Lipinski definition) is 8. The Morgan fingerprint density at radius 3 is 2.71 bits per heavy atom. The maximum Gasteiger partial charge on any atom is 0.274 e. The van der Waals surface area contributed by atoms with E-state index in [1.165, 1.54) is 22.6 Å². The van der Waals surface area contributed by atoms with Crippen molar-refractivity contribution in [2.75, 3.05) is 23.1 Å². The maximum absolute atomic E-state index is 13.7. The molecule has 2 amide bonds. The molecule has 3 heterocycles. The van der Waals surface area contributed by atoms with Gasteiger partial charge in [0.2, 0.25) is 0 Å². The Balaban J connectivity index is 1.69. The lowest BCUT2D eigenvalue weighted by molar-refractivity contribution is 0.0931. The summed E-state index contributed by atoms with van der Waals surface area (Å²) < 4.78 is 36.3. The fourth-order valence-corrected chi connectivity index (χ4v) is 5.58. The minimum absolute atomic E-state index is 0.0764. The van der Waals surface area contributed by atoms with Gasteiger partial charge in [-0.2, -0.15) is 0 Å². The molecular formula is C23H26FN5O5S. The summed E-state index contributed by atoms with van der Waals surface area (Å²) >= 11 is 0. The molecule has 0 spiro atoms. The summed E-state index contributed by atoms with van der Waals surface area (Å²) in [6.07, 6.45) is 2.79. The van der Waals surface area contributed by atoms with Gasteiger partial charge < -0.3 is 15.7 Å². The molecule has 5 N–H and O–H groups in total. The highest BCUT2D eigenvalue weighted by atomic mass is 32.3. The number of carbonyl (C=O) groups is 2. The lowest BCUT2D eigenvalue weighted by Gasteiger charge is -2.47. The fraction of sp³-hybridized carbons (Fsp3) is 0.304. The number of hydrogen-bond donors (Lipinski definition) is 5. The molecule has 0 unspecified atom stereocenters. The molecule has 35 heavy (non-hydrogen) atoms. The van der Waals surface area contributed by atoms with Crippen LogP contribution in [0.15, 0.2) is 36.5 Å². The number of carbonyl (C=O) groups excluding carboxylic acids is 2. The number of nitrogens with zero attached hydrogens (tertiary/aromatic N) is 3. The van der Waals surface area contributed by atoms with Gasteiger partial charge >= 0.3 is 0 Å². The molecule has 3 aromatic rings. The largest absolute Gasteiger partial charge is 0.504 e. The van der Waals surface area contributed by atoms with E-state index in [4.69, 9.17) is 0 Å². The van der Waals surface area contributed by atoms with E-state index in [-0.39, 0.29) is 34.9 Å². The molecule has 2 aromatic heterocycles. The highest BCUT2D eigenvalue weighted by Gasteiger charge is 2.31. The van der Waals surface area contributed by atoms with Crippen molar-refractivity contribution >= 4 is 39.3 Å². The fourth-order valence-electron chi connectivity index (χ4n) is 3.94. The SMILES string of the molecule is CCNC(=O)c1cc(F)ccc1CNC(=O)c1nc(N2CCCCS2(O)O)c2cccnc2c1O. The molecule has 0 atom stereocenters. The number of aromatic hydroxyl groups is 1. The number of benzene rings is 1. The third-order valence-electron chi connectivity index (χ3n) is 5.64. The molecule has 12 heteroatoms. The summed E-state index contributed by atoms with van der Waals surface area (Å²) in [7, 11) is -3.15. The third kappa shape index (κ3) is 4.99. The average Bonchev–Trinajstić information content (AvgIpc) is 2.84. The van der Waals surface area contributed by atoms with Gasteiger partial charge in [-0.25, -0.2) is 9.37 Å². The zero-order chi connectivity index (χ0) is 25.2. The molecule has 186 valence electrons. The summed E-state index contributed by atoms with van der Waals surface area (Å²) in [6, 6.07) is 6.91. The smallest absolute Gasteiger partial charge is 0.274 e. The molecule has 1 fully saturated rings. The van der Waals surface area contributed by atoms with Gasteiger partial charge in [-0.05, 0) is 49.6 Å². The van der Waals surface area contributed by atoms with Crippen LogP contribution in [-0.4, -0.2) is 54.8 Å². The number of aromatic nitrogens is 2. The molecule has 1 saturated heterocycles. The quantitative estimate of drug-likeness (QED) is 0.344. The second kappa shape index (κ2) is 10.0. The van der Waals surface area contributed by atoms with E-state index in [1.54, 1.807) is 19.1 Å². The lowest BCUT2D eigenvalue weighted by Crippen LogP contribution is -2.35. The van der Waals surface area contributed by atoms with E-state index < -0.39 is 34.2 Å². The molecule has 4 rings (SSSR count). The van der Waals surface area contributed by atoms with Gasteiger partial charge in [0.1, 0.15) is 11.3 Å². The molecule has 0 radical (unpaired) electrons. The van der Waals surface area contributed by atoms with Crippen molar-refractivity contribution in [1.82, 2.24) is 20.6 Å². The van der Waals surface area contributed by atoms with Crippen LogP contribution in [0.5, 0.6) is 5.75 Å². The van der Waals surface area contributed by atoms with Crippen molar-refractivity contribution < 1.29 is 28.2 Å². The number of fused-ring (bicyclic) bond motifs is 1. The number of nitrogens with one attached hydrogen (secondary N) is 2. The van der Waals surface area contributed by atoms with E-state index in [0.29, 0.717) is 36.9 Å². The average molecular weight is 504 g/mol. The Morgan fingerprint density at radius 1 is 1.17 bits per heavy atom. The molecule has 0 bridgehead atoms. The number of halogens is 1. The number of amides is 2. The molecule has 1 aliphatic rings. The first kappa shape index (κ1) is 24.6. The highest BCUT2D eigenvalue weighted by Crippen LogP contribution is 2.51. The summed E-state index contributed by atoms with van der Waals surface area (Å²) in [5, 5.41) is 16.4.